The molecule has 2 aromatic carbocycles. The van der Waals surface area contributed by atoms with Crippen molar-refractivity contribution in [1.29, 1.82) is 0 Å². The van der Waals surface area contributed by atoms with Crippen molar-refractivity contribution in [2.24, 2.45) is 5.92 Å². The number of carbonyl (C=O) groups excluding carboxylic acids is 1. The molecule has 8 nitrogen and oxygen atoms in total. The molecule has 0 unspecified atom stereocenters. The van der Waals surface area contributed by atoms with E-state index in [2.05, 4.69) is 4.90 Å². The molecule has 3 atom stereocenters. The molecular formula is C29H35FN2O6. The van der Waals surface area contributed by atoms with E-state index in [-0.39, 0.29) is 42.7 Å². The van der Waals surface area contributed by atoms with E-state index in [1.165, 1.54) is 12.1 Å². The minimum atomic E-state index is -0.627. The first-order valence-electron chi connectivity index (χ1n) is 13.3. The first kappa shape index (κ1) is 26.5. The number of amides is 1. The minimum absolute atomic E-state index is 0.0531. The van der Waals surface area contributed by atoms with Crippen LogP contribution in [0.3, 0.4) is 0 Å². The van der Waals surface area contributed by atoms with Gasteiger partial charge in [0.1, 0.15) is 5.82 Å². The number of hydrogen-bond donors (Lipinski definition) is 1. The summed E-state index contributed by atoms with van der Waals surface area (Å²) in [4.78, 5) is 17.7. The smallest absolute Gasteiger partial charge is 0.288 e. The molecule has 0 aliphatic carbocycles. The summed E-state index contributed by atoms with van der Waals surface area (Å²) >= 11 is 0. The molecule has 1 fully saturated rings. The van der Waals surface area contributed by atoms with Crippen LogP contribution in [0.1, 0.15) is 36.8 Å². The van der Waals surface area contributed by atoms with E-state index >= 15 is 0 Å². The molecule has 3 heterocycles. The van der Waals surface area contributed by atoms with Crippen LogP contribution in [-0.4, -0.2) is 73.3 Å². The van der Waals surface area contributed by atoms with E-state index in [9.17, 15) is 14.3 Å². The average Bonchev–Trinajstić information content (AvgIpc) is 3.41. The van der Waals surface area contributed by atoms with E-state index in [0.717, 1.165) is 42.3 Å². The molecule has 1 N–H and O–H groups in total. The van der Waals surface area contributed by atoms with Gasteiger partial charge in [0.05, 0.1) is 0 Å². The molecule has 0 saturated carbocycles. The molecule has 1 amide bonds. The van der Waals surface area contributed by atoms with Crippen molar-refractivity contribution in [1.82, 2.24) is 9.80 Å². The Labute approximate surface area is 222 Å². The summed E-state index contributed by atoms with van der Waals surface area (Å²) in [5.74, 6) is 1.03. The maximum Gasteiger partial charge on any atom is 0.288 e. The lowest BCUT2D eigenvalue weighted by Crippen LogP contribution is -2.49. The van der Waals surface area contributed by atoms with Gasteiger partial charge in [0, 0.05) is 57.8 Å². The number of carbonyl (C=O) groups is 1. The molecule has 3 aliphatic heterocycles. The van der Waals surface area contributed by atoms with Crippen molar-refractivity contribution >= 4 is 5.91 Å². The van der Waals surface area contributed by atoms with E-state index in [0.29, 0.717) is 32.5 Å². The van der Waals surface area contributed by atoms with E-state index in [4.69, 9.17) is 18.9 Å². The van der Waals surface area contributed by atoms with Crippen LogP contribution in [0.5, 0.6) is 11.5 Å². The number of halogens is 1. The van der Waals surface area contributed by atoms with Crippen molar-refractivity contribution in [3.63, 3.8) is 0 Å². The largest absolute Gasteiger partial charge is 0.459 e. The number of piperazine rings is 1. The summed E-state index contributed by atoms with van der Waals surface area (Å²) in [6.45, 7) is 6.03. The Morgan fingerprint density at radius 1 is 1.08 bits per heavy atom. The highest BCUT2D eigenvalue weighted by atomic mass is 19.1. The van der Waals surface area contributed by atoms with Crippen LogP contribution in [0.15, 0.2) is 54.3 Å². The first-order valence-corrected chi connectivity index (χ1v) is 13.3. The number of aliphatic hydroxyl groups excluding tert-OH is 1. The highest BCUT2D eigenvalue weighted by Gasteiger charge is 2.39. The Bertz CT molecular complexity index is 1130. The normalized spacial score (nSPS) is 23.2. The number of rotatable bonds is 9. The molecule has 1 saturated heterocycles. The third-order valence-electron chi connectivity index (χ3n) is 7.38. The zero-order chi connectivity index (χ0) is 26.5. The minimum Gasteiger partial charge on any atom is -0.459 e. The molecule has 2 aromatic rings. The van der Waals surface area contributed by atoms with Crippen LogP contribution >= 0.6 is 0 Å². The third-order valence-corrected chi connectivity index (χ3v) is 7.38. The SMILES string of the molecule is CCO[C@H]1OC(C(=O)N2CCN(Cc3ccc4c(c3)OCO4)CC2)=C[C@@H](c2ccc(F)cc2)[C@@H]1CCCO. The van der Waals surface area contributed by atoms with Crippen molar-refractivity contribution in [3.05, 3.63) is 71.2 Å². The third kappa shape index (κ3) is 5.95. The average molecular weight is 527 g/mol. The van der Waals surface area contributed by atoms with Gasteiger partial charge in [-0.25, -0.2) is 4.39 Å². The van der Waals surface area contributed by atoms with Crippen LogP contribution in [0.25, 0.3) is 0 Å². The van der Waals surface area contributed by atoms with E-state index in [1.807, 2.05) is 36.1 Å². The Balaban J connectivity index is 1.28. The second-order valence-electron chi connectivity index (χ2n) is 9.84. The molecule has 0 aromatic heterocycles. The molecule has 9 heteroatoms. The van der Waals surface area contributed by atoms with Gasteiger partial charge in [-0.05, 0) is 61.2 Å². The van der Waals surface area contributed by atoms with Gasteiger partial charge in [0.25, 0.3) is 5.91 Å². The Morgan fingerprint density at radius 2 is 1.84 bits per heavy atom. The maximum atomic E-state index is 13.7. The van der Waals surface area contributed by atoms with E-state index in [1.54, 1.807) is 12.1 Å². The van der Waals surface area contributed by atoms with Crippen LogP contribution < -0.4 is 9.47 Å². The van der Waals surface area contributed by atoms with Crippen molar-refractivity contribution in [2.75, 3.05) is 46.2 Å². The fourth-order valence-electron chi connectivity index (χ4n) is 5.38. The topological polar surface area (TPSA) is 80.7 Å². The molecule has 0 radical (unpaired) electrons. The number of hydrogen-bond acceptors (Lipinski definition) is 7. The van der Waals surface area contributed by atoms with Gasteiger partial charge in [0.15, 0.2) is 17.3 Å². The molecule has 0 spiro atoms. The highest BCUT2D eigenvalue weighted by Crippen LogP contribution is 2.40. The fraction of sp³-hybridized carbons (Fsp3) is 0.483. The lowest BCUT2D eigenvalue weighted by atomic mass is 9.80. The lowest BCUT2D eigenvalue weighted by molar-refractivity contribution is -0.171. The predicted molar refractivity (Wildman–Crippen MR) is 138 cm³/mol. The van der Waals surface area contributed by atoms with Crippen molar-refractivity contribution in [2.45, 2.75) is 38.5 Å². The molecule has 3 aliphatic rings. The number of aliphatic hydroxyl groups is 1. The second-order valence-corrected chi connectivity index (χ2v) is 9.84. The quantitative estimate of drug-likeness (QED) is 0.534. The van der Waals surface area contributed by atoms with Gasteiger partial charge >= 0.3 is 0 Å². The highest BCUT2D eigenvalue weighted by molar-refractivity contribution is 5.92. The Hall–Kier alpha value is -3.14. The molecule has 204 valence electrons. The number of benzene rings is 2. The molecule has 38 heavy (non-hydrogen) atoms. The van der Waals surface area contributed by atoms with Crippen LogP contribution in [0.4, 0.5) is 4.39 Å². The zero-order valence-corrected chi connectivity index (χ0v) is 21.7. The summed E-state index contributed by atoms with van der Waals surface area (Å²) in [5, 5.41) is 9.45. The standard InChI is InChI=1S/C29H35FN2O6/c1-2-35-29-23(4-3-15-33)24(21-6-8-22(30)9-7-21)17-27(38-29)28(34)32-13-11-31(12-14-32)18-20-5-10-25-26(16-20)37-19-36-25/h5-10,16-17,23-24,29,33H,2-4,11-15,18-19H2,1H3/t23-,24-,29-/m0/s1. The van der Waals surface area contributed by atoms with Gasteiger partial charge in [-0.3, -0.25) is 9.69 Å². The summed E-state index contributed by atoms with van der Waals surface area (Å²) in [6, 6.07) is 12.3. The van der Waals surface area contributed by atoms with Gasteiger partial charge in [0.2, 0.25) is 13.1 Å². The zero-order valence-electron chi connectivity index (χ0n) is 21.7. The lowest BCUT2D eigenvalue weighted by Gasteiger charge is -2.39. The van der Waals surface area contributed by atoms with Gasteiger partial charge < -0.3 is 29.0 Å². The Morgan fingerprint density at radius 3 is 2.58 bits per heavy atom. The number of nitrogens with zero attached hydrogens (tertiary/aromatic N) is 2. The Kier molecular flexibility index (Phi) is 8.46. The molecule has 0 bridgehead atoms. The summed E-state index contributed by atoms with van der Waals surface area (Å²) in [5.41, 5.74) is 2.03. The monoisotopic (exact) mass is 526 g/mol. The van der Waals surface area contributed by atoms with Gasteiger partial charge in [-0.1, -0.05) is 18.2 Å². The maximum absolute atomic E-state index is 13.7. The summed E-state index contributed by atoms with van der Waals surface area (Å²) in [6.07, 6.45) is 2.46. The van der Waals surface area contributed by atoms with Gasteiger partial charge in [-0.2, -0.15) is 0 Å². The second kappa shape index (κ2) is 12.1. The van der Waals surface area contributed by atoms with E-state index < -0.39 is 6.29 Å². The van der Waals surface area contributed by atoms with Crippen molar-refractivity contribution in [3.8, 4) is 11.5 Å². The summed E-state index contributed by atoms with van der Waals surface area (Å²) < 4.78 is 36.6. The van der Waals surface area contributed by atoms with Crippen molar-refractivity contribution < 1.29 is 33.2 Å². The number of fused-ring (bicyclic) bond motifs is 1. The molecule has 5 rings (SSSR count). The molecular weight excluding hydrogens is 491 g/mol. The van der Waals surface area contributed by atoms with Crippen LogP contribution in [0, 0.1) is 11.7 Å². The fourth-order valence-corrected chi connectivity index (χ4v) is 5.38. The number of ether oxygens (including phenoxy) is 4. The van der Waals surface area contributed by atoms with Crippen LogP contribution in [0.2, 0.25) is 0 Å². The number of allylic oxidation sites excluding steroid dienone is 1. The first-order chi connectivity index (χ1) is 18.6. The summed E-state index contributed by atoms with van der Waals surface area (Å²) in [7, 11) is 0. The van der Waals surface area contributed by atoms with Crippen LogP contribution in [-0.2, 0) is 20.8 Å². The van der Waals surface area contributed by atoms with Gasteiger partial charge in [-0.15, -0.1) is 0 Å². The predicted octanol–water partition coefficient (Wildman–Crippen LogP) is 3.65.